The van der Waals surface area contributed by atoms with E-state index in [1.807, 2.05) is 0 Å². The van der Waals surface area contributed by atoms with Crippen LogP contribution < -0.4 is 11.1 Å². The van der Waals surface area contributed by atoms with E-state index in [0.717, 1.165) is 18.4 Å². The molecule has 0 saturated heterocycles. The molecule has 4 N–H and O–H groups in total. The maximum absolute atomic E-state index is 5.42. The predicted octanol–water partition coefficient (Wildman–Crippen LogP) is 1.23. The third-order valence-corrected chi connectivity index (χ3v) is 3.06. The first-order valence-electron chi connectivity index (χ1n) is 5.17. The number of aromatic nitrogens is 3. The maximum Gasteiger partial charge on any atom is 0.243 e. The van der Waals surface area contributed by atoms with E-state index in [1.54, 1.807) is 0 Å². The standard InChI is InChI=1S/C9H17N5/c1-6-3-2-4-7(6)5-11-9-12-8(10)13-14-9/h6-7H,2-5H2,1H3,(H4,10,11,12,13,14). The van der Waals surface area contributed by atoms with Crippen molar-refractivity contribution in [3.05, 3.63) is 0 Å². The molecule has 2 unspecified atom stereocenters. The summed E-state index contributed by atoms with van der Waals surface area (Å²) in [6, 6.07) is 0. The highest BCUT2D eigenvalue weighted by molar-refractivity contribution is 5.29. The summed E-state index contributed by atoms with van der Waals surface area (Å²) in [6.07, 6.45) is 4.01. The number of nitrogens with one attached hydrogen (secondary N) is 2. The van der Waals surface area contributed by atoms with Crippen LogP contribution >= 0.6 is 0 Å². The van der Waals surface area contributed by atoms with E-state index in [4.69, 9.17) is 5.73 Å². The summed E-state index contributed by atoms with van der Waals surface area (Å²) in [4.78, 5) is 4.00. The minimum Gasteiger partial charge on any atom is -0.368 e. The van der Waals surface area contributed by atoms with Gasteiger partial charge in [0.25, 0.3) is 0 Å². The molecule has 0 spiro atoms. The molecular weight excluding hydrogens is 178 g/mol. The van der Waals surface area contributed by atoms with Crippen LogP contribution in [0.1, 0.15) is 26.2 Å². The smallest absolute Gasteiger partial charge is 0.243 e. The lowest BCUT2D eigenvalue weighted by molar-refractivity contribution is 0.439. The van der Waals surface area contributed by atoms with Crippen LogP contribution in [0, 0.1) is 11.8 Å². The molecule has 1 aliphatic rings. The number of aromatic amines is 1. The van der Waals surface area contributed by atoms with Crippen molar-refractivity contribution < 1.29 is 0 Å². The topological polar surface area (TPSA) is 79.6 Å². The van der Waals surface area contributed by atoms with Gasteiger partial charge in [-0.2, -0.15) is 4.98 Å². The Hall–Kier alpha value is -1.26. The van der Waals surface area contributed by atoms with Crippen molar-refractivity contribution in [3.8, 4) is 0 Å². The lowest BCUT2D eigenvalue weighted by Gasteiger charge is -2.14. The van der Waals surface area contributed by atoms with Crippen molar-refractivity contribution in [1.29, 1.82) is 0 Å². The first-order valence-corrected chi connectivity index (χ1v) is 5.17. The zero-order chi connectivity index (χ0) is 9.97. The van der Waals surface area contributed by atoms with Gasteiger partial charge in [-0.15, -0.1) is 5.10 Å². The molecule has 1 heterocycles. The van der Waals surface area contributed by atoms with E-state index in [0.29, 0.717) is 11.9 Å². The molecular formula is C9H17N5. The molecule has 78 valence electrons. The van der Waals surface area contributed by atoms with Crippen molar-refractivity contribution in [2.24, 2.45) is 11.8 Å². The van der Waals surface area contributed by atoms with Gasteiger partial charge in [-0.3, -0.25) is 0 Å². The Labute approximate surface area is 83.5 Å². The largest absolute Gasteiger partial charge is 0.368 e. The lowest BCUT2D eigenvalue weighted by Crippen LogP contribution is -2.17. The number of nitrogen functional groups attached to an aromatic ring is 1. The molecule has 0 aliphatic heterocycles. The quantitative estimate of drug-likeness (QED) is 0.677. The van der Waals surface area contributed by atoms with Crippen LogP contribution in [-0.2, 0) is 0 Å². The summed E-state index contributed by atoms with van der Waals surface area (Å²) in [5, 5.41) is 9.74. The fraction of sp³-hybridized carbons (Fsp3) is 0.778. The van der Waals surface area contributed by atoms with E-state index in [9.17, 15) is 0 Å². The normalized spacial score (nSPS) is 26.6. The molecule has 1 aromatic heterocycles. The van der Waals surface area contributed by atoms with Crippen LogP contribution in [0.3, 0.4) is 0 Å². The van der Waals surface area contributed by atoms with Crippen molar-refractivity contribution in [1.82, 2.24) is 15.2 Å². The number of hydrogen-bond donors (Lipinski definition) is 3. The van der Waals surface area contributed by atoms with Gasteiger partial charge in [0, 0.05) is 6.54 Å². The van der Waals surface area contributed by atoms with E-state index in [2.05, 4.69) is 27.4 Å². The lowest BCUT2D eigenvalue weighted by atomic mass is 9.98. The molecule has 0 amide bonds. The second-order valence-corrected chi connectivity index (χ2v) is 4.09. The fourth-order valence-electron chi connectivity index (χ4n) is 2.10. The number of nitrogens with two attached hydrogens (primary N) is 1. The zero-order valence-corrected chi connectivity index (χ0v) is 8.45. The Morgan fingerprint density at radius 1 is 1.57 bits per heavy atom. The molecule has 0 bridgehead atoms. The molecule has 5 nitrogen and oxygen atoms in total. The van der Waals surface area contributed by atoms with Gasteiger partial charge in [-0.05, 0) is 18.3 Å². The third-order valence-electron chi connectivity index (χ3n) is 3.06. The highest BCUT2D eigenvalue weighted by atomic mass is 15.3. The molecule has 14 heavy (non-hydrogen) atoms. The molecule has 0 aromatic carbocycles. The van der Waals surface area contributed by atoms with E-state index >= 15 is 0 Å². The molecule has 1 aliphatic carbocycles. The van der Waals surface area contributed by atoms with E-state index in [1.165, 1.54) is 19.3 Å². The van der Waals surface area contributed by atoms with Gasteiger partial charge in [0.15, 0.2) is 0 Å². The molecule has 1 saturated carbocycles. The van der Waals surface area contributed by atoms with Gasteiger partial charge < -0.3 is 11.1 Å². The molecule has 0 radical (unpaired) electrons. The minimum atomic E-state index is 0.368. The molecule has 5 heteroatoms. The fourth-order valence-corrected chi connectivity index (χ4v) is 2.10. The monoisotopic (exact) mass is 195 g/mol. The van der Waals surface area contributed by atoms with Crippen LogP contribution in [0.5, 0.6) is 0 Å². The van der Waals surface area contributed by atoms with Crippen LogP contribution in [-0.4, -0.2) is 21.7 Å². The number of H-pyrrole nitrogens is 1. The third kappa shape index (κ3) is 1.97. The van der Waals surface area contributed by atoms with Crippen LogP contribution in [0.4, 0.5) is 11.9 Å². The molecule has 2 rings (SSSR count). The van der Waals surface area contributed by atoms with Crippen LogP contribution in [0.15, 0.2) is 0 Å². The summed E-state index contributed by atoms with van der Waals surface area (Å²) >= 11 is 0. The van der Waals surface area contributed by atoms with Crippen molar-refractivity contribution >= 4 is 11.9 Å². The Balaban J connectivity index is 1.82. The van der Waals surface area contributed by atoms with E-state index < -0.39 is 0 Å². The number of hydrogen-bond acceptors (Lipinski definition) is 4. The highest BCUT2D eigenvalue weighted by Gasteiger charge is 2.23. The summed E-state index contributed by atoms with van der Waals surface area (Å²) in [5.41, 5.74) is 5.42. The number of rotatable bonds is 3. The second-order valence-electron chi connectivity index (χ2n) is 4.09. The summed E-state index contributed by atoms with van der Waals surface area (Å²) in [5.74, 6) is 2.56. The highest BCUT2D eigenvalue weighted by Crippen LogP contribution is 2.30. The minimum absolute atomic E-state index is 0.368. The van der Waals surface area contributed by atoms with Gasteiger partial charge in [0.05, 0.1) is 0 Å². The Kier molecular flexibility index (Phi) is 2.56. The van der Waals surface area contributed by atoms with Crippen LogP contribution in [0.25, 0.3) is 0 Å². The average Bonchev–Trinajstić information content (AvgIpc) is 2.72. The SMILES string of the molecule is CC1CCCC1CNc1n[nH]c(N)n1. The van der Waals surface area contributed by atoms with Gasteiger partial charge in [0.1, 0.15) is 0 Å². The summed E-state index contributed by atoms with van der Waals surface area (Å²) < 4.78 is 0. The van der Waals surface area contributed by atoms with Crippen molar-refractivity contribution in [3.63, 3.8) is 0 Å². The summed E-state index contributed by atoms with van der Waals surface area (Å²) in [7, 11) is 0. The predicted molar refractivity (Wildman–Crippen MR) is 55.8 cm³/mol. The van der Waals surface area contributed by atoms with Crippen LogP contribution in [0.2, 0.25) is 0 Å². The number of nitrogens with zero attached hydrogens (tertiary/aromatic N) is 2. The number of anilines is 2. The summed E-state index contributed by atoms with van der Waals surface area (Å²) in [6.45, 7) is 3.27. The Morgan fingerprint density at radius 2 is 2.43 bits per heavy atom. The molecule has 2 atom stereocenters. The van der Waals surface area contributed by atoms with Gasteiger partial charge >= 0.3 is 0 Å². The van der Waals surface area contributed by atoms with Gasteiger partial charge in [-0.1, -0.05) is 19.8 Å². The zero-order valence-electron chi connectivity index (χ0n) is 8.45. The first kappa shape index (κ1) is 9.30. The van der Waals surface area contributed by atoms with E-state index in [-0.39, 0.29) is 0 Å². The molecule has 1 aromatic rings. The second kappa shape index (κ2) is 3.86. The van der Waals surface area contributed by atoms with Gasteiger partial charge in [0.2, 0.25) is 11.9 Å². The first-order chi connectivity index (χ1) is 6.75. The molecule has 1 fully saturated rings. The Bertz CT molecular complexity index is 295. The average molecular weight is 195 g/mol. The Morgan fingerprint density at radius 3 is 3.00 bits per heavy atom. The van der Waals surface area contributed by atoms with Crippen molar-refractivity contribution in [2.75, 3.05) is 17.6 Å². The van der Waals surface area contributed by atoms with Gasteiger partial charge in [-0.25, -0.2) is 5.10 Å². The van der Waals surface area contributed by atoms with Crippen molar-refractivity contribution in [2.45, 2.75) is 26.2 Å². The maximum atomic E-state index is 5.42.